The molecule has 2 N–H and O–H groups in total. The number of hydrogen-bond acceptors (Lipinski definition) is 6. The minimum Gasteiger partial charge on any atom is -0.368 e. The average molecular weight is 359 g/mol. The quantitative estimate of drug-likeness (QED) is 0.511. The zero-order valence-electron chi connectivity index (χ0n) is 14.4. The molecule has 4 aromatic rings. The van der Waals surface area contributed by atoms with E-state index < -0.39 is 0 Å². The van der Waals surface area contributed by atoms with E-state index in [4.69, 9.17) is 0 Å². The molecule has 3 aromatic heterocycles. The first-order valence-electron chi connectivity index (χ1n) is 8.49. The second-order valence-corrected chi connectivity index (χ2v) is 5.78. The maximum Gasteiger partial charge on any atom is 0.271 e. The van der Waals surface area contributed by atoms with Gasteiger partial charge in [-0.15, -0.1) is 0 Å². The summed E-state index contributed by atoms with van der Waals surface area (Å²) in [6.45, 7) is 0.949. The minimum atomic E-state index is -0.259. The molecule has 0 fully saturated rings. The van der Waals surface area contributed by atoms with Crippen molar-refractivity contribution in [3.63, 3.8) is 0 Å². The Hall–Kier alpha value is -3.81. The van der Waals surface area contributed by atoms with Crippen LogP contribution in [0.15, 0.2) is 67.4 Å². The first kappa shape index (κ1) is 16.6. The van der Waals surface area contributed by atoms with E-state index in [1.807, 2.05) is 59.4 Å². The largest absolute Gasteiger partial charge is 0.368 e. The van der Waals surface area contributed by atoms with Gasteiger partial charge >= 0.3 is 0 Å². The highest BCUT2D eigenvalue weighted by Crippen LogP contribution is 2.09. The molecule has 0 aliphatic carbocycles. The van der Waals surface area contributed by atoms with Gasteiger partial charge in [0.15, 0.2) is 0 Å². The summed E-state index contributed by atoms with van der Waals surface area (Å²) in [5.74, 6) is 1.20. The SMILES string of the molecule is O=C(NCCNc1cc(-n2cccc2)ncn1)c1cnc2ccccc2n1. The number of amides is 1. The number of anilines is 1. The van der Waals surface area contributed by atoms with Crippen LogP contribution in [0.25, 0.3) is 16.9 Å². The Labute approximate surface area is 155 Å². The predicted octanol–water partition coefficient (Wildman–Crippen LogP) is 2.05. The fraction of sp³-hybridized carbons (Fsp3) is 0.105. The number of hydrogen-bond donors (Lipinski definition) is 2. The van der Waals surface area contributed by atoms with Crippen LogP contribution in [0.2, 0.25) is 0 Å². The zero-order chi connectivity index (χ0) is 18.5. The second kappa shape index (κ2) is 7.61. The summed E-state index contributed by atoms with van der Waals surface area (Å²) in [6, 6.07) is 13.1. The molecule has 8 heteroatoms. The number of rotatable bonds is 6. The van der Waals surface area contributed by atoms with Gasteiger partial charge in [0.05, 0.1) is 17.2 Å². The molecule has 3 heterocycles. The lowest BCUT2D eigenvalue weighted by atomic mass is 10.3. The lowest BCUT2D eigenvalue weighted by Crippen LogP contribution is -2.29. The summed E-state index contributed by atoms with van der Waals surface area (Å²) < 4.78 is 1.90. The van der Waals surface area contributed by atoms with Crippen LogP contribution < -0.4 is 10.6 Å². The van der Waals surface area contributed by atoms with Gasteiger partial charge in [0.25, 0.3) is 5.91 Å². The first-order chi connectivity index (χ1) is 13.3. The van der Waals surface area contributed by atoms with Crippen LogP contribution >= 0.6 is 0 Å². The first-order valence-corrected chi connectivity index (χ1v) is 8.49. The summed E-state index contributed by atoms with van der Waals surface area (Å²) in [4.78, 5) is 29.2. The number of benzene rings is 1. The summed E-state index contributed by atoms with van der Waals surface area (Å²) in [5.41, 5.74) is 1.76. The molecule has 0 aliphatic heterocycles. The number of nitrogens with zero attached hydrogens (tertiary/aromatic N) is 5. The third kappa shape index (κ3) is 3.90. The molecule has 0 unspecified atom stereocenters. The van der Waals surface area contributed by atoms with Gasteiger partial charge in [-0.1, -0.05) is 12.1 Å². The topological polar surface area (TPSA) is 97.6 Å². The van der Waals surface area contributed by atoms with Crippen LogP contribution in [0.4, 0.5) is 5.82 Å². The molecule has 4 rings (SSSR count). The van der Waals surface area contributed by atoms with Crippen molar-refractivity contribution in [1.82, 2.24) is 29.8 Å². The predicted molar refractivity (Wildman–Crippen MR) is 102 cm³/mol. The fourth-order valence-corrected chi connectivity index (χ4v) is 2.60. The van der Waals surface area contributed by atoms with Crippen molar-refractivity contribution in [3.8, 4) is 5.82 Å². The van der Waals surface area contributed by atoms with Crippen LogP contribution in [0, 0.1) is 0 Å². The van der Waals surface area contributed by atoms with Crippen molar-refractivity contribution in [3.05, 3.63) is 73.1 Å². The lowest BCUT2D eigenvalue weighted by molar-refractivity contribution is 0.0950. The van der Waals surface area contributed by atoms with Crippen LogP contribution in [-0.2, 0) is 0 Å². The number of para-hydroxylation sites is 2. The van der Waals surface area contributed by atoms with E-state index in [0.717, 1.165) is 11.3 Å². The van der Waals surface area contributed by atoms with Crippen LogP contribution in [0.5, 0.6) is 0 Å². The van der Waals surface area contributed by atoms with Gasteiger partial charge in [-0.2, -0.15) is 0 Å². The molecule has 134 valence electrons. The molecule has 0 saturated heterocycles. The van der Waals surface area contributed by atoms with Crippen LogP contribution in [0.1, 0.15) is 10.5 Å². The molecule has 0 spiro atoms. The summed E-state index contributed by atoms with van der Waals surface area (Å²) in [6.07, 6.45) is 6.81. The van der Waals surface area contributed by atoms with Gasteiger partial charge in [-0.3, -0.25) is 9.78 Å². The average Bonchev–Trinajstić information content (AvgIpc) is 3.26. The molecular formula is C19H17N7O. The summed E-state index contributed by atoms with van der Waals surface area (Å²) >= 11 is 0. The van der Waals surface area contributed by atoms with E-state index in [2.05, 4.69) is 30.6 Å². The Morgan fingerprint density at radius 2 is 1.78 bits per heavy atom. The monoisotopic (exact) mass is 359 g/mol. The smallest absolute Gasteiger partial charge is 0.271 e. The Balaban J connectivity index is 1.32. The highest BCUT2D eigenvalue weighted by atomic mass is 16.1. The molecule has 0 radical (unpaired) electrons. The summed E-state index contributed by atoms with van der Waals surface area (Å²) in [7, 11) is 0. The molecule has 1 aromatic carbocycles. The Kier molecular flexibility index (Phi) is 4.69. The van der Waals surface area contributed by atoms with Gasteiger partial charge in [0, 0.05) is 31.5 Å². The molecule has 27 heavy (non-hydrogen) atoms. The van der Waals surface area contributed by atoms with E-state index in [9.17, 15) is 4.79 Å². The van der Waals surface area contributed by atoms with E-state index in [1.54, 1.807) is 0 Å². The minimum absolute atomic E-state index is 0.259. The number of carbonyl (C=O) groups is 1. The lowest BCUT2D eigenvalue weighted by Gasteiger charge is -2.08. The molecule has 0 aliphatic rings. The Morgan fingerprint density at radius 1 is 0.963 bits per heavy atom. The molecule has 8 nitrogen and oxygen atoms in total. The summed E-state index contributed by atoms with van der Waals surface area (Å²) in [5, 5.41) is 5.99. The van der Waals surface area contributed by atoms with Crippen LogP contribution in [-0.4, -0.2) is 43.5 Å². The van der Waals surface area contributed by atoms with Gasteiger partial charge in [0.2, 0.25) is 0 Å². The van der Waals surface area contributed by atoms with Crippen molar-refractivity contribution >= 4 is 22.8 Å². The van der Waals surface area contributed by atoms with Gasteiger partial charge in [-0.25, -0.2) is 15.0 Å². The second-order valence-electron chi connectivity index (χ2n) is 5.78. The van der Waals surface area contributed by atoms with Gasteiger partial charge in [-0.05, 0) is 24.3 Å². The standard InChI is InChI=1S/C19H17N7O/c27-19(16-12-22-14-5-1-2-6-15(14)25-16)21-8-7-20-17-11-18(24-13-23-17)26-9-3-4-10-26/h1-6,9-13H,7-8H2,(H,21,27)(H,20,23,24). The van der Waals surface area contributed by atoms with Crippen molar-refractivity contribution < 1.29 is 4.79 Å². The van der Waals surface area contributed by atoms with Crippen molar-refractivity contribution in [2.24, 2.45) is 0 Å². The van der Waals surface area contributed by atoms with E-state index in [1.165, 1.54) is 12.5 Å². The maximum atomic E-state index is 12.2. The maximum absolute atomic E-state index is 12.2. The van der Waals surface area contributed by atoms with Crippen molar-refractivity contribution in [1.29, 1.82) is 0 Å². The van der Waals surface area contributed by atoms with E-state index in [-0.39, 0.29) is 5.91 Å². The molecule has 0 bridgehead atoms. The number of aromatic nitrogens is 5. The van der Waals surface area contributed by atoms with Gasteiger partial charge in [0.1, 0.15) is 23.7 Å². The van der Waals surface area contributed by atoms with Crippen molar-refractivity contribution in [2.45, 2.75) is 0 Å². The fourth-order valence-electron chi connectivity index (χ4n) is 2.60. The number of fused-ring (bicyclic) bond motifs is 1. The molecular weight excluding hydrogens is 342 g/mol. The normalized spacial score (nSPS) is 10.7. The molecule has 0 saturated carbocycles. The van der Waals surface area contributed by atoms with Crippen LogP contribution in [0.3, 0.4) is 0 Å². The van der Waals surface area contributed by atoms with Crippen molar-refractivity contribution in [2.75, 3.05) is 18.4 Å². The Morgan fingerprint density at radius 3 is 2.63 bits per heavy atom. The zero-order valence-corrected chi connectivity index (χ0v) is 14.4. The molecule has 1 amide bonds. The highest BCUT2D eigenvalue weighted by molar-refractivity contribution is 5.93. The third-order valence-corrected chi connectivity index (χ3v) is 3.92. The van der Waals surface area contributed by atoms with Gasteiger partial charge < -0.3 is 15.2 Å². The van der Waals surface area contributed by atoms with E-state index >= 15 is 0 Å². The highest BCUT2D eigenvalue weighted by Gasteiger charge is 2.08. The number of carbonyl (C=O) groups excluding carboxylic acids is 1. The number of nitrogens with one attached hydrogen (secondary N) is 2. The van der Waals surface area contributed by atoms with E-state index in [0.29, 0.717) is 30.1 Å². The third-order valence-electron chi connectivity index (χ3n) is 3.92. The Bertz CT molecular complexity index is 1060. The molecule has 0 atom stereocenters.